The van der Waals surface area contributed by atoms with Crippen molar-refractivity contribution in [1.29, 1.82) is 0 Å². The van der Waals surface area contributed by atoms with Gasteiger partial charge in [-0.2, -0.15) is 0 Å². The summed E-state index contributed by atoms with van der Waals surface area (Å²) in [6.07, 6.45) is 2.73. The van der Waals surface area contributed by atoms with E-state index in [9.17, 15) is 13.2 Å². The molecule has 7 heteroatoms. The lowest BCUT2D eigenvalue weighted by atomic mass is 9.96. The maximum absolute atomic E-state index is 11.9. The summed E-state index contributed by atoms with van der Waals surface area (Å²) in [6, 6.07) is 4.35. The van der Waals surface area contributed by atoms with E-state index in [1.54, 1.807) is 31.1 Å². The van der Waals surface area contributed by atoms with Gasteiger partial charge in [0.25, 0.3) is 9.05 Å². The second kappa shape index (κ2) is 5.61. The van der Waals surface area contributed by atoms with E-state index in [4.69, 9.17) is 15.4 Å². The number of ether oxygens (including phenoxy) is 1. The molecular formula is C13H16ClNO4S. The molecule has 1 aliphatic rings. The smallest absolute Gasteiger partial charge is 0.338 e. The zero-order chi connectivity index (χ0) is 14.9. The van der Waals surface area contributed by atoms with Crippen LogP contribution >= 0.6 is 10.7 Å². The summed E-state index contributed by atoms with van der Waals surface area (Å²) < 4.78 is 28.5. The first-order valence-electron chi connectivity index (χ1n) is 6.26. The standard InChI is InChI=1S/C13H16ClNO4S/c1-15(2)11-7-6-9(8-12(11)20(14,17)18)13(16)19-10-4-3-5-10/h6-8,10H,3-5H2,1-2H3. The van der Waals surface area contributed by atoms with E-state index in [0.29, 0.717) is 5.69 Å². The number of carbonyl (C=O) groups excluding carboxylic acids is 1. The molecule has 0 unspecified atom stereocenters. The highest BCUT2D eigenvalue weighted by Crippen LogP contribution is 2.29. The summed E-state index contributed by atoms with van der Waals surface area (Å²) in [6.45, 7) is 0. The highest BCUT2D eigenvalue weighted by Gasteiger charge is 2.24. The van der Waals surface area contributed by atoms with Gasteiger partial charge in [-0.1, -0.05) is 0 Å². The lowest BCUT2D eigenvalue weighted by molar-refractivity contribution is 0.00898. The number of hydrogen-bond acceptors (Lipinski definition) is 5. The van der Waals surface area contributed by atoms with Crippen LogP contribution in [0.15, 0.2) is 23.1 Å². The molecular weight excluding hydrogens is 302 g/mol. The number of anilines is 1. The molecule has 0 atom stereocenters. The van der Waals surface area contributed by atoms with Crippen molar-refractivity contribution in [1.82, 2.24) is 0 Å². The Morgan fingerprint density at radius 2 is 2.00 bits per heavy atom. The Morgan fingerprint density at radius 3 is 2.45 bits per heavy atom. The Hall–Kier alpha value is -1.27. The monoisotopic (exact) mass is 317 g/mol. The predicted molar refractivity (Wildman–Crippen MR) is 76.9 cm³/mol. The van der Waals surface area contributed by atoms with Gasteiger partial charge in [0, 0.05) is 24.8 Å². The molecule has 1 fully saturated rings. The highest BCUT2D eigenvalue weighted by molar-refractivity contribution is 8.13. The molecule has 1 aromatic rings. The highest BCUT2D eigenvalue weighted by atomic mass is 35.7. The second-order valence-electron chi connectivity index (χ2n) is 4.97. The summed E-state index contributed by atoms with van der Waals surface area (Å²) in [5, 5.41) is 0. The Bertz CT molecular complexity index is 623. The van der Waals surface area contributed by atoms with Crippen molar-refractivity contribution < 1.29 is 17.9 Å². The van der Waals surface area contributed by atoms with Gasteiger partial charge in [0.2, 0.25) is 0 Å². The number of benzene rings is 1. The number of halogens is 1. The largest absolute Gasteiger partial charge is 0.459 e. The topological polar surface area (TPSA) is 63.7 Å². The molecule has 0 N–H and O–H groups in total. The molecule has 0 spiro atoms. The third-order valence-electron chi connectivity index (χ3n) is 3.27. The zero-order valence-corrected chi connectivity index (χ0v) is 12.9. The summed E-state index contributed by atoms with van der Waals surface area (Å²) in [4.78, 5) is 13.5. The Morgan fingerprint density at radius 1 is 1.35 bits per heavy atom. The average molecular weight is 318 g/mol. The minimum Gasteiger partial charge on any atom is -0.459 e. The Kier molecular flexibility index (Phi) is 4.25. The molecule has 20 heavy (non-hydrogen) atoms. The number of hydrogen-bond donors (Lipinski definition) is 0. The molecule has 0 saturated heterocycles. The summed E-state index contributed by atoms with van der Waals surface area (Å²) in [5.41, 5.74) is 0.627. The summed E-state index contributed by atoms with van der Waals surface area (Å²) in [5.74, 6) is -0.512. The van der Waals surface area contributed by atoms with Crippen LogP contribution in [-0.2, 0) is 13.8 Å². The fourth-order valence-corrected chi connectivity index (χ4v) is 3.05. The fraction of sp³-hybridized carbons (Fsp3) is 0.462. The molecule has 1 saturated carbocycles. The quantitative estimate of drug-likeness (QED) is 0.630. The van der Waals surface area contributed by atoms with Gasteiger partial charge in [-0.25, -0.2) is 13.2 Å². The van der Waals surface area contributed by atoms with E-state index >= 15 is 0 Å². The van der Waals surface area contributed by atoms with Gasteiger partial charge in [-0.3, -0.25) is 0 Å². The lowest BCUT2D eigenvalue weighted by Gasteiger charge is -2.25. The van der Waals surface area contributed by atoms with E-state index in [1.165, 1.54) is 6.07 Å². The SMILES string of the molecule is CN(C)c1ccc(C(=O)OC2CCC2)cc1S(=O)(=O)Cl. The molecule has 1 aromatic carbocycles. The van der Waals surface area contributed by atoms with E-state index in [-0.39, 0.29) is 16.6 Å². The third-order valence-corrected chi connectivity index (χ3v) is 4.62. The van der Waals surface area contributed by atoms with E-state index < -0.39 is 15.0 Å². The normalized spacial score (nSPS) is 15.6. The number of rotatable bonds is 4. The fourth-order valence-electron chi connectivity index (χ4n) is 1.91. The molecule has 0 aliphatic heterocycles. The minimum absolute atomic E-state index is 0.0490. The minimum atomic E-state index is -3.93. The van der Waals surface area contributed by atoms with Crippen molar-refractivity contribution >= 4 is 31.4 Å². The van der Waals surface area contributed by atoms with Gasteiger partial charge in [0.1, 0.15) is 11.0 Å². The van der Waals surface area contributed by atoms with Gasteiger partial charge in [-0.15, -0.1) is 0 Å². The van der Waals surface area contributed by atoms with Gasteiger partial charge in [-0.05, 0) is 37.5 Å². The first-order chi connectivity index (χ1) is 9.29. The molecule has 5 nitrogen and oxygen atoms in total. The van der Waals surface area contributed by atoms with Crippen molar-refractivity contribution in [3.63, 3.8) is 0 Å². The van der Waals surface area contributed by atoms with Gasteiger partial charge < -0.3 is 9.64 Å². The molecule has 2 rings (SSSR count). The Balaban J connectivity index is 2.33. The molecule has 110 valence electrons. The van der Waals surface area contributed by atoms with Crippen LogP contribution in [0.25, 0.3) is 0 Å². The van der Waals surface area contributed by atoms with Gasteiger partial charge in [0.05, 0.1) is 11.3 Å². The van der Waals surface area contributed by atoms with Crippen LogP contribution in [0.5, 0.6) is 0 Å². The molecule has 0 heterocycles. The molecule has 0 bridgehead atoms. The van der Waals surface area contributed by atoms with Crippen LogP contribution in [0, 0.1) is 0 Å². The third kappa shape index (κ3) is 3.24. The van der Waals surface area contributed by atoms with E-state index in [0.717, 1.165) is 19.3 Å². The van der Waals surface area contributed by atoms with Crippen molar-refractivity contribution in [2.24, 2.45) is 0 Å². The number of nitrogens with zero attached hydrogens (tertiary/aromatic N) is 1. The first kappa shape index (κ1) is 15.1. The van der Waals surface area contributed by atoms with Crippen LogP contribution in [0.1, 0.15) is 29.6 Å². The van der Waals surface area contributed by atoms with Crippen LogP contribution in [0.4, 0.5) is 5.69 Å². The second-order valence-corrected chi connectivity index (χ2v) is 7.51. The molecule has 0 amide bonds. The Labute approximate surface area is 122 Å². The molecule has 0 aromatic heterocycles. The van der Waals surface area contributed by atoms with Crippen molar-refractivity contribution in [3.8, 4) is 0 Å². The van der Waals surface area contributed by atoms with Gasteiger partial charge in [0.15, 0.2) is 0 Å². The van der Waals surface area contributed by atoms with Gasteiger partial charge >= 0.3 is 5.97 Å². The van der Waals surface area contributed by atoms with Crippen molar-refractivity contribution in [2.75, 3.05) is 19.0 Å². The maximum atomic E-state index is 11.9. The van der Waals surface area contributed by atoms with Crippen LogP contribution < -0.4 is 4.90 Å². The summed E-state index contributed by atoms with van der Waals surface area (Å²) >= 11 is 0. The van der Waals surface area contributed by atoms with E-state index in [2.05, 4.69) is 0 Å². The van der Waals surface area contributed by atoms with Crippen LogP contribution in [0.3, 0.4) is 0 Å². The first-order valence-corrected chi connectivity index (χ1v) is 8.57. The number of esters is 1. The van der Waals surface area contributed by atoms with Crippen LogP contribution in [0.2, 0.25) is 0 Å². The van der Waals surface area contributed by atoms with Crippen molar-refractivity contribution in [3.05, 3.63) is 23.8 Å². The number of carbonyl (C=O) groups is 1. The van der Waals surface area contributed by atoms with Crippen LogP contribution in [-0.4, -0.2) is 34.6 Å². The zero-order valence-electron chi connectivity index (χ0n) is 11.3. The maximum Gasteiger partial charge on any atom is 0.338 e. The molecule has 1 aliphatic carbocycles. The lowest BCUT2D eigenvalue weighted by Crippen LogP contribution is -2.25. The average Bonchev–Trinajstić information content (AvgIpc) is 2.31. The molecule has 0 radical (unpaired) electrons. The predicted octanol–water partition coefficient (Wildman–Crippen LogP) is 2.39. The summed E-state index contributed by atoms with van der Waals surface area (Å²) in [7, 11) is 4.89. The van der Waals surface area contributed by atoms with Crippen molar-refractivity contribution in [2.45, 2.75) is 30.3 Å². The van der Waals surface area contributed by atoms with E-state index in [1.807, 2.05) is 0 Å².